The van der Waals surface area contributed by atoms with E-state index < -0.39 is 0 Å². The summed E-state index contributed by atoms with van der Waals surface area (Å²) >= 11 is 0. The topological polar surface area (TPSA) is 87.5 Å². The molecule has 1 heterocycles. The number of nitrogens with zero attached hydrogens (tertiary/aromatic N) is 1. The quantitative estimate of drug-likeness (QED) is 0.748. The van der Waals surface area contributed by atoms with Crippen LogP contribution in [-0.2, 0) is 17.8 Å². The van der Waals surface area contributed by atoms with E-state index in [1.54, 1.807) is 4.90 Å². The molecule has 4 N–H and O–H groups in total. The van der Waals surface area contributed by atoms with Crippen molar-refractivity contribution in [1.29, 1.82) is 0 Å². The van der Waals surface area contributed by atoms with Gasteiger partial charge in [-0.05, 0) is 30.9 Å². The zero-order valence-corrected chi connectivity index (χ0v) is 14.2. The zero-order chi connectivity index (χ0) is 15.9. The molecule has 1 aromatic carbocycles. The fraction of sp³-hybridized carbons (Fsp3) is 0.500. The molecule has 23 heavy (non-hydrogen) atoms. The van der Waals surface area contributed by atoms with E-state index in [1.807, 2.05) is 25.1 Å². The number of amides is 3. The van der Waals surface area contributed by atoms with Crippen LogP contribution in [0, 0.1) is 0 Å². The minimum atomic E-state index is -0.197. The minimum Gasteiger partial charge on any atom is -0.355 e. The molecule has 0 radical (unpaired) electrons. The highest BCUT2D eigenvalue weighted by Crippen LogP contribution is 2.18. The van der Waals surface area contributed by atoms with Crippen molar-refractivity contribution >= 4 is 24.3 Å². The van der Waals surface area contributed by atoms with Crippen LogP contribution in [0.5, 0.6) is 0 Å². The number of urea groups is 1. The highest BCUT2D eigenvalue weighted by Gasteiger charge is 2.20. The minimum absolute atomic E-state index is 0. The number of fused-ring (bicyclic) bond motifs is 1. The van der Waals surface area contributed by atoms with Gasteiger partial charge < -0.3 is 21.3 Å². The Morgan fingerprint density at radius 3 is 2.65 bits per heavy atom. The third-order valence-electron chi connectivity index (χ3n) is 3.74. The van der Waals surface area contributed by atoms with Crippen LogP contribution in [0.4, 0.5) is 4.79 Å². The summed E-state index contributed by atoms with van der Waals surface area (Å²) in [5.41, 5.74) is 8.07. The summed E-state index contributed by atoms with van der Waals surface area (Å²) in [6.07, 6.45) is 1.58. The Morgan fingerprint density at radius 2 is 1.96 bits per heavy atom. The summed E-state index contributed by atoms with van der Waals surface area (Å²) in [5, 5.41) is 5.40. The molecule has 1 unspecified atom stereocenters. The van der Waals surface area contributed by atoms with Crippen LogP contribution < -0.4 is 16.4 Å². The zero-order valence-electron chi connectivity index (χ0n) is 13.4. The first kappa shape index (κ1) is 19.3. The Kier molecular flexibility index (Phi) is 7.85. The molecule has 0 fully saturated rings. The Balaban J connectivity index is 0.00000264. The van der Waals surface area contributed by atoms with Crippen molar-refractivity contribution in [2.24, 2.45) is 5.73 Å². The lowest BCUT2D eigenvalue weighted by atomic mass is 10.0. The Labute approximate surface area is 143 Å². The SMILES string of the molecule is CC(N)CCNC(=O)CNC(=O)N1CCc2ccccc2C1.Cl. The Bertz CT molecular complexity index is 537. The number of hydrogen-bond acceptors (Lipinski definition) is 3. The van der Waals surface area contributed by atoms with Gasteiger partial charge in [0, 0.05) is 25.7 Å². The molecule has 2 rings (SSSR count). The maximum Gasteiger partial charge on any atom is 0.318 e. The average Bonchev–Trinajstić information content (AvgIpc) is 2.51. The van der Waals surface area contributed by atoms with Crippen molar-refractivity contribution < 1.29 is 9.59 Å². The molecule has 0 bridgehead atoms. The largest absolute Gasteiger partial charge is 0.355 e. The summed E-state index contributed by atoms with van der Waals surface area (Å²) < 4.78 is 0. The smallest absolute Gasteiger partial charge is 0.318 e. The van der Waals surface area contributed by atoms with Crippen molar-refractivity contribution in [2.45, 2.75) is 32.4 Å². The van der Waals surface area contributed by atoms with Crippen LogP contribution in [0.2, 0.25) is 0 Å². The number of rotatable bonds is 5. The lowest BCUT2D eigenvalue weighted by Gasteiger charge is -2.28. The molecule has 0 aromatic heterocycles. The summed E-state index contributed by atoms with van der Waals surface area (Å²) in [7, 11) is 0. The molecule has 1 aliphatic rings. The van der Waals surface area contributed by atoms with Gasteiger partial charge in [-0.15, -0.1) is 12.4 Å². The van der Waals surface area contributed by atoms with Crippen LogP contribution in [0.25, 0.3) is 0 Å². The van der Waals surface area contributed by atoms with Gasteiger partial charge in [-0.1, -0.05) is 24.3 Å². The molecule has 0 aliphatic carbocycles. The second-order valence-corrected chi connectivity index (χ2v) is 5.71. The molecule has 0 spiro atoms. The normalized spacial score (nSPS) is 14.3. The first-order valence-electron chi connectivity index (χ1n) is 7.68. The van der Waals surface area contributed by atoms with Gasteiger partial charge in [0.05, 0.1) is 6.54 Å². The second kappa shape index (κ2) is 9.37. The van der Waals surface area contributed by atoms with Gasteiger partial charge >= 0.3 is 6.03 Å². The standard InChI is InChI=1S/C16H24N4O2.ClH/c1-12(17)6-8-18-15(21)10-19-16(22)20-9-7-13-4-2-3-5-14(13)11-20;/h2-5,12H,6-11,17H2,1H3,(H,18,21)(H,19,22);1H. The average molecular weight is 341 g/mol. The highest BCUT2D eigenvalue weighted by atomic mass is 35.5. The van der Waals surface area contributed by atoms with E-state index in [0.29, 0.717) is 19.6 Å². The van der Waals surface area contributed by atoms with E-state index in [2.05, 4.69) is 16.7 Å². The lowest BCUT2D eigenvalue weighted by molar-refractivity contribution is -0.120. The van der Waals surface area contributed by atoms with Gasteiger partial charge in [0.2, 0.25) is 5.91 Å². The molecule has 3 amide bonds. The number of benzene rings is 1. The van der Waals surface area contributed by atoms with Crippen LogP contribution in [-0.4, -0.2) is 42.5 Å². The van der Waals surface area contributed by atoms with Gasteiger partial charge in [0.15, 0.2) is 0 Å². The third kappa shape index (κ3) is 6.08. The number of carbonyl (C=O) groups excluding carboxylic acids is 2. The van der Waals surface area contributed by atoms with Crippen LogP contribution in [0.15, 0.2) is 24.3 Å². The second-order valence-electron chi connectivity index (χ2n) is 5.71. The van der Waals surface area contributed by atoms with Crippen molar-refractivity contribution in [1.82, 2.24) is 15.5 Å². The Morgan fingerprint density at radius 1 is 1.26 bits per heavy atom. The van der Waals surface area contributed by atoms with E-state index >= 15 is 0 Å². The van der Waals surface area contributed by atoms with E-state index in [0.717, 1.165) is 12.8 Å². The van der Waals surface area contributed by atoms with Crippen LogP contribution in [0.3, 0.4) is 0 Å². The first-order valence-corrected chi connectivity index (χ1v) is 7.68. The monoisotopic (exact) mass is 340 g/mol. The lowest BCUT2D eigenvalue weighted by Crippen LogP contribution is -2.46. The van der Waals surface area contributed by atoms with Crippen molar-refractivity contribution in [3.63, 3.8) is 0 Å². The number of nitrogens with two attached hydrogens (primary N) is 1. The summed E-state index contributed by atoms with van der Waals surface area (Å²) in [5.74, 6) is -0.189. The van der Waals surface area contributed by atoms with Crippen molar-refractivity contribution in [2.75, 3.05) is 19.6 Å². The van der Waals surface area contributed by atoms with Gasteiger partial charge in [-0.2, -0.15) is 0 Å². The van der Waals surface area contributed by atoms with E-state index in [-0.39, 0.29) is 36.9 Å². The first-order chi connectivity index (χ1) is 10.6. The predicted octanol–water partition coefficient (Wildman–Crippen LogP) is 1.03. The van der Waals surface area contributed by atoms with Crippen LogP contribution in [0.1, 0.15) is 24.5 Å². The van der Waals surface area contributed by atoms with Gasteiger partial charge in [0.1, 0.15) is 0 Å². The summed E-state index contributed by atoms with van der Waals surface area (Å²) in [6, 6.07) is 7.99. The number of hydrogen-bond donors (Lipinski definition) is 3. The molecule has 6 nitrogen and oxygen atoms in total. The maximum absolute atomic E-state index is 12.1. The third-order valence-corrected chi connectivity index (χ3v) is 3.74. The summed E-state index contributed by atoms with van der Waals surface area (Å²) in [6.45, 7) is 3.69. The fourth-order valence-electron chi connectivity index (χ4n) is 2.44. The van der Waals surface area contributed by atoms with E-state index in [4.69, 9.17) is 5.73 Å². The van der Waals surface area contributed by atoms with Gasteiger partial charge in [-0.25, -0.2) is 4.79 Å². The molecule has 1 aliphatic heterocycles. The molecular formula is C16H25ClN4O2. The maximum atomic E-state index is 12.1. The molecule has 1 atom stereocenters. The van der Waals surface area contributed by atoms with Crippen LogP contribution >= 0.6 is 12.4 Å². The van der Waals surface area contributed by atoms with Crippen molar-refractivity contribution in [3.8, 4) is 0 Å². The van der Waals surface area contributed by atoms with Crippen molar-refractivity contribution in [3.05, 3.63) is 35.4 Å². The molecular weight excluding hydrogens is 316 g/mol. The molecule has 0 saturated heterocycles. The molecule has 1 aromatic rings. The summed E-state index contributed by atoms with van der Waals surface area (Å²) in [4.78, 5) is 25.5. The predicted molar refractivity (Wildman–Crippen MR) is 92.5 cm³/mol. The van der Waals surface area contributed by atoms with Gasteiger partial charge in [0.25, 0.3) is 0 Å². The number of halogens is 1. The Hall–Kier alpha value is -1.79. The van der Waals surface area contributed by atoms with E-state index in [1.165, 1.54) is 11.1 Å². The number of nitrogens with one attached hydrogen (secondary N) is 2. The number of carbonyl (C=O) groups is 2. The fourth-order valence-corrected chi connectivity index (χ4v) is 2.44. The molecule has 128 valence electrons. The molecule has 0 saturated carbocycles. The highest BCUT2D eigenvalue weighted by molar-refractivity contribution is 5.85. The molecule has 7 heteroatoms. The van der Waals surface area contributed by atoms with E-state index in [9.17, 15) is 9.59 Å². The van der Waals surface area contributed by atoms with Gasteiger partial charge in [-0.3, -0.25) is 4.79 Å².